The van der Waals surface area contributed by atoms with Crippen molar-refractivity contribution < 1.29 is 29.6 Å². The van der Waals surface area contributed by atoms with Gasteiger partial charge in [0.25, 0.3) is 0 Å². The maximum Gasteiger partial charge on any atom is 0.160 e. The van der Waals surface area contributed by atoms with Gasteiger partial charge >= 0.3 is 0 Å². The van der Waals surface area contributed by atoms with E-state index < -0.39 is 24.0 Å². The fraction of sp³-hybridized carbons (Fsp3) is 0.549. The van der Waals surface area contributed by atoms with E-state index in [2.05, 4.69) is 60.3 Å². The first-order chi connectivity index (χ1) is 29.0. The normalized spacial score (nSPS) is 23.9. The van der Waals surface area contributed by atoms with Gasteiger partial charge in [0.2, 0.25) is 0 Å². The summed E-state index contributed by atoms with van der Waals surface area (Å²) >= 11 is 0. The van der Waals surface area contributed by atoms with Gasteiger partial charge in [0.05, 0.1) is 19.3 Å². The zero-order valence-electron chi connectivity index (χ0n) is 35.9. The Labute approximate surface area is 357 Å². The number of Topliss-reactive ketones (excluding diaryl/α,β-unsaturated/α-hetero) is 2. The lowest BCUT2D eigenvalue weighted by molar-refractivity contribution is -0.124. The Balaban J connectivity index is 1.19. The molecule has 1 saturated carbocycles. The van der Waals surface area contributed by atoms with E-state index in [0.29, 0.717) is 79.7 Å². The SMILES string of the molecule is COc1cc2c(cc1O)C(CCC(O)C(CCC(C)C)C(C=Cc1ccccc1)c1ccnc(N)c1)C#CC(C(O)CCCCC1CNC3CC(=O)CCC3C1)C(=O)CC2. The minimum Gasteiger partial charge on any atom is -0.504 e. The number of fused-ring (bicyclic) bond motifs is 2. The molecule has 0 spiro atoms. The molecule has 322 valence electrons. The number of aliphatic hydroxyl groups is 2. The number of rotatable bonds is 18. The predicted molar refractivity (Wildman–Crippen MR) is 238 cm³/mol. The maximum atomic E-state index is 13.8. The van der Waals surface area contributed by atoms with Crippen LogP contribution in [0.4, 0.5) is 5.82 Å². The van der Waals surface area contributed by atoms with Crippen molar-refractivity contribution in [3.8, 4) is 23.3 Å². The molecule has 9 atom stereocenters. The second-order valence-corrected chi connectivity index (χ2v) is 18.1. The van der Waals surface area contributed by atoms with Crippen LogP contribution in [0.3, 0.4) is 0 Å². The van der Waals surface area contributed by atoms with Crippen molar-refractivity contribution in [1.82, 2.24) is 10.3 Å². The topological polar surface area (TPSA) is 155 Å². The number of hydrogen-bond donors (Lipinski definition) is 5. The second kappa shape index (κ2) is 21.9. The van der Waals surface area contributed by atoms with Gasteiger partial charge in [-0.1, -0.05) is 87.4 Å². The number of nitrogens with one attached hydrogen (secondary N) is 1. The van der Waals surface area contributed by atoms with Crippen molar-refractivity contribution in [2.75, 3.05) is 19.4 Å². The van der Waals surface area contributed by atoms with Crippen LogP contribution in [0.2, 0.25) is 0 Å². The highest BCUT2D eigenvalue weighted by molar-refractivity contribution is 5.85. The number of aryl methyl sites for hydroxylation is 1. The zero-order chi connectivity index (χ0) is 42.6. The summed E-state index contributed by atoms with van der Waals surface area (Å²) in [7, 11) is 1.51. The molecule has 9 nitrogen and oxygen atoms in total. The number of piperidine rings is 1. The number of aromatic nitrogens is 1. The standard InChI is InChI=1S/C51H67N3O6/c1-33(2)13-20-42(41(38-25-26-53-51(52)29-38)21-14-34-9-5-4-6-10-34)47(57)23-17-36-16-22-43(48(58)24-18-37-28-50(60-3)49(59)31-44(36)37)46(56)12-8-7-11-35-27-39-15-19-40(55)30-45(39)54-32-35/h4-6,9-10,14,21,25-26,28-29,31,33,35-36,39,41-43,45-47,54,56-57,59H,7-8,11-13,15,17-20,23-24,27,30,32H2,1-3H3,(H2,52,53). The Morgan fingerprint density at radius 3 is 2.55 bits per heavy atom. The van der Waals surface area contributed by atoms with Crippen molar-refractivity contribution >= 4 is 23.5 Å². The summed E-state index contributed by atoms with van der Waals surface area (Å²) in [6.45, 7) is 5.33. The first-order valence-electron chi connectivity index (χ1n) is 22.5. The van der Waals surface area contributed by atoms with E-state index in [-0.39, 0.29) is 29.8 Å². The van der Waals surface area contributed by atoms with Crippen LogP contribution in [0.5, 0.6) is 11.5 Å². The van der Waals surface area contributed by atoms with Crippen LogP contribution < -0.4 is 15.8 Å². The average molecular weight is 818 g/mol. The number of nitrogens with zero attached hydrogens (tertiary/aromatic N) is 1. The van der Waals surface area contributed by atoms with Crippen LogP contribution >= 0.6 is 0 Å². The molecule has 0 radical (unpaired) electrons. The number of allylic oxidation sites excluding steroid dienone is 1. The first-order valence-corrected chi connectivity index (χ1v) is 22.5. The Bertz CT molecular complexity index is 1970. The van der Waals surface area contributed by atoms with E-state index >= 15 is 0 Å². The third-order valence-corrected chi connectivity index (χ3v) is 13.3. The number of nitrogens with two attached hydrogens (primary N) is 1. The Kier molecular flexibility index (Phi) is 16.4. The number of pyridine rings is 1. The van der Waals surface area contributed by atoms with Crippen LogP contribution in [0.1, 0.15) is 131 Å². The molecule has 1 aromatic heterocycles. The Morgan fingerprint density at radius 2 is 1.78 bits per heavy atom. The third kappa shape index (κ3) is 12.3. The van der Waals surface area contributed by atoms with E-state index in [1.807, 2.05) is 30.3 Å². The van der Waals surface area contributed by atoms with Crippen LogP contribution in [-0.2, 0) is 16.0 Å². The number of nitrogen functional groups attached to an aromatic ring is 1. The number of hydrogen-bond acceptors (Lipinski definition) is 9. The van der Waals surface area contributed by atoms with E-state index in [9.17, 15) is 24.9 Å². The number of phenolic OH excluding ortho intramolecular Hbond substituents is 1. The van der Waals surface area contributed by atoms with Crippen LogP contribution in [0, 0.1) is 41.4 Å². The van der Waals surface area contributed by atoms with E-state index in [4.69, 9.17) is 10.5 Å². The third-order valence-electron chi connectivity index (χ3n) is 13.3. The molecule has 6 rings (SSSR count). The number of ketones is 2. The monoisotopic (exact) mass is 818 g/mol. The van der Waals surface area contributed by atoms with Gasteiger partial charge in [-0.15, -0.1) is 0 Å². The minimum absolute atomic E-state index is 0.00242. The summed E-state index contributed by atoms with van der Waals surface area (Å²) in [6.07, 6.45) is 14.5. The van der Waals surface area contributed by atoms with Gasteiger partial charge in [-0.25, -0.2) is 4.98 Å². The number of ether oxygens (including phenoxy) is 1. The molecule has 2 fully saturated rings. The fourth-order valence-corrected chi connectivity index (χ4v) is 9.86. The number of phenols is 1. The first kappa shape index (κ1) is 45.0. The quantitative estimate of drug-likeness (QED) is 0.0628. The molecule has 9 unspecified atom stereocenters. The molecule has 60 heavy (non-hydrogen) atoms. The molecular weight excluding hydrogens is 751 g/mol. The van der Waals surface area contributed by atoms with Crippen molar-refractivity contribution in [2.45, 2.75) is 134 Å². The number of methoxy groups -OCH3 is 1. The Morgan fingerprint density at radius 1 is 0.967 bits per heavy atom. The molecule has 6 N–H and O–H groups in total. The molecule has 0 amide bonds. The molecule has 3 aromatic rings. The maximum absolute atomic E-state index is 13.8. The van der Waals surface area contributed by atoms with Crippen molar-refractivity contribution in [3.05, 3.63) is 89.1 Å². The molecule has 2 aromatic carbocycles. The smallest absolute Gasteiger partial charge is 0.160 e. The molecule has 1 saturated heterocycles. The Hall–Kier alpha value is -4.49. The number of anilines is 1. The van der Waals surface area contributed by atoms with Crippen LogP contribution in [-0.4, -0.2) is 63.8 Å². The van der Waals surface area contributed by atoms with Gasteiger partial charge in [-0.05, 0) is 128 Å². The molecule has 0 bridgehead atoms. The molecule has 2 heterocycles. The number of aliphatic hydroxyl groups excluding tert-OH is 2. The summed E-state index contributed by atoms with van der Waals surface area (Å²) < 4.78 is 5.48. The van der Waals surface area contributed by atoms with Crippen molar-refractivity contribution in [2.24, 2.45) is 29.6 Å². The number of benzene rings is 2. The number of aromatic hydroxyl groups is 1. The van der Waals surface area contributed by atoms with Crippen LogP contribution in [0.25, 0.3) is 6.08 Å². The second-order valence-electron chi connectivity index (χ2n) is 18.1. The lowest BCUT2D eigenvalue weighted by Crippen LogP contribution is -2.48. The highest BCUT2D eigenvalue weighted by Crippen LogP contribution is 2.40. The van der Waals surface area contributed by atoms with E-state index in [0.717, 1.165) is 73.7 Å². The van der Waals surface area contributed by atoms with Gasteiger partial charge in [0.15, 0.2) is 17.3 Å². The fourth-order valence-electron chi connectivity index (χ4n) is 9.86. The molecular formula is C51H67N3O6. The van der Waals surface area contributed by atoms with E-state index in [1.165, 1.54) is 7.11 Å². The molecule has 1 aliphatic heterocycles. The largest absolute Gasteiger partial charge is 0.504 e. The van der Waals surface area contributed by atoms with Gasteiger partial charge in [-0.3, -0.25) is 9.59 Å². The summed E-state index contributed by atoms with van der Waals surface area (Å²) in [6, 6.07) is 17.9. The van der Waals surface area contributed by atoms with Gasteiger partial charge in [0.1, 0.15) is 17.5 Å². The van der Waals surface area contributed by atoms with Crippen molar-refractivity contribution in [1.29, 1.82) is 0 Å². The molecule has 3 aliphatic rings. The van der Waals surface area contributed by atoms with Gasteiger partial charge in [0, 0.05) is 43.3 Å². The lowest BCUT2D eigenvalue weighted by atomic mass is 9.74. The van der Waals surface area contributed by atoms with E-state index in [1.54, 1.807) is 18.3 Å². The van der Waals surface area contributed by atoms with Gasteiger partial charge < -0.3 is 31.1 Å². The zero-order valence-corrected chi connectivity index (χ0v) is 35.9. The molecule has 9 heteroatoms. The van der Waals surface area contributed by atoms with Crippen LogP contribution in [0.15, 0.2) is 66.9 Å². The predicted octanol–water partition coefficient (Wildman–Crippen LogP) is 8.56. The average Bonchev–Trinajstić information content (AvgIpc) is 3.30. The minimum atomic E-state index is -0.885. The van der Waals surface area contributed by atoms with Gasteiger partial charge in [-0.2, -0.15) is 0 Å². The highest BCUT2D eigenvalue weighted by atomic mass is 16.5. The number of unbranched alkanes of at least 4 members (excludes halogenated alkanes) is 1. The summed E-state index contributed by atoms with van der Waals surface area (Å²) in [5.74, 6) is 7.80. The highest BCUT2D eigenvalue weighted by Gasteiger charge is 2.35. The lowest BCUT2D eigenvalue weighted by Gasteiger charge is -2.39. The summed E-state index contributed by atoms with van der Waals surface area (Å²) in [4.78, 5) is 30.0. The summed E-state index contributed by atoms with van der Waals surface area (Å²) in [5.41, 5.74) is 9.97. The summed E-state index contributed by atoms with van der Waals surface area (Å²) in [5, 5.41) is 38.4. The van der Waals surface area contributed by atoms with Crippen molar-refractivity contribution in [3.63, 3.8) is 0 Å². The number of carbonyl (C=O) groups is 2. The molecule has 2 aliphatic carbocycles. The number of carbonyl (C=O) groups excluding carboxylic acids is 2.